The third-order valence-corrected chi connectivity index (χ3v) is 6.93. The van der Waals surface area contributed by atoms with Gasteiger partial charge in [-0.3, -0.25) is 9.69 Å². The van der Waals surface area contributed by atoms with E-state index in [1.165, 1.54) is 45.2 Å². The van der Waals surface area contributed by atoms with Crippen molar-refractivity contribution in [2.24, 2.45) is 5.92 Å². The Bertz CT molecular complexity index is 646. The van der Waals surface area contributed by atoms with Crippen LogP contribution < -0.4 is 0 Å². The number of carbonyl (C=O) groups is 1. The van der Waals surface area contributed by atoms with E-state index >= 15 is 0 Å². The fourth-order valence-corrected chi connectivity index (χ4v) is 5.72. The van der Waals surface area contributed by atoms with Crippen molar-refractivity contribution in [1.82, 2.24) is 24.7 Å². The summed E-state index contributed by atoms with van der Waals surface area (Å²) in [4.78, 5) is 28.5. The molecule has 6 heteroatoms. The van der Waals surface area contributed by atoms with Gasteiger partial charge in [0, 0.05) is 56.6 Å². The lowest BCUT2D eigenvalue weighted by Crippen LogP contribution is -2.51. The Hall–Kier alpha value is -1.53. The van der Waals surface area contributed by atoms with E-state index in [0.717, 1.165) is 31.5 Å². The van der Waals surface area contributed by atoms with Crippen LogP contribution in [0.1, 0.15) is 51.5 Å². The Morgan fingerprint density at radius 2 is 1.93 bits per heavy atom. The smallest absolute Gasteiger partial charge is 0.222 e. The van der Waals surface area contributed by atoms with Gasteiger partial charge in [0.2, 0.25) is 5.91 Å². The molecule has 4 heterocycles. The number of aryl methyl sites for hydroxylation is 1. The van der Waals surface area contributed by atoms with E-state index in [9.17, 15) is 4.79 Å². The molecular weight excluding hydrogens is 350 g/mol. The number of likely N-dealkylation sites (tertiary alicyclic amines) is 3. The average Bonchev–Trinajstić information content (AvgIpc) is 3.33. The molecule has 0 saturated carbocycles. The Morgan fingerprint density at radius 3 is 2.64 bits per heavy atom. The van der Waals surface area contributed by atoms with Crippen molar-refractivity contribution in [3.63, 3.8) is 0 Å². The molecule has 0 aromatic carbocycles. The molecule has 4 rings (SSSR count). The predicted molar refractivity (Wildman–Crippen MR) is 110 cm³/mol. The molecule has 0 bridgehead atoms. The molecular formula is C22H35N5O. The van der Waals surface area contributed by atoms with Gasteiger partial charge in [0.25, 0.3) is 0 Å². The van der Waals surface area contributed by atoms with E-state index < -0.39 is 0 Å². The van der Waals surface area contributed by atoms with Gasteiger partial charge in [-0.2, -0.15) is 0 Å². The van der Waals surface area contributed by atoms with E-state index in [2.05, 4.69) is 38.5 Å². The van der Waals surface area contributed by atoms with Crippen LogP contribution in [0.5, 0.6) is 0 Å². The maximum absolute atomic E-state index is 12.8. The van der Waals surface area contributed by atoms with E-state index in [4.69, 9.17) is 0 Å². The highest BCUT2D eigenvalue weighted by molar-refractivity contribution is 5.76. The van der Waals surface area contributed by atoms with Crippen LogP contribution in [0.3, 0.4) is 0 Å². The second-order valence-electron chi connectivity index (χ2n) is 9.14. The maximum atomic E-state index is 12.8. The zero-order valence-corrected chi connectivity index (χ0v) is 17.5. The van der Waals surface area contributed by atoms with Gasteiger partial charge >= 0.3 is 0 Å². The zero-order valence-electron chi connectivity index (χ0n) is 17.5. The standard InChI is InChI=1S/C22H35N5O/c1-17(2)27-20(15-25-8-3-4-9-25)11-19-14-26(10-7-21(19)27)22(28)6-5-18-12-23-16-24-13-18/h12-13,16-17,19-21H,3-11,14-15H2,1-2H3/t19-,20+,21+/m1/s1. The summed E-state index contributed by atoms with van der Waals surface area (Å²) in [5, 5.41) is 0. The van der Waals surface area contributed by atoms with Crippen molar-refractivity contribution in [3.8, 4) is 0 Å². The van der Waals surface area contributed by atoms with Crippen LogP contribution in [0.2, 0.25) is 0 Å². The molecule has 3 aliphatic heterocycles. The third-order valence-electron chi connectivity index (χ3n) is 6.93. The minimum atomic E-state index is 0.293. The summed E-state index contributed by atoms with van der Waals surface area (Å²) in [6.45, 7) is 10.3. The van der Waals surface area contributed by atoms with Crippen LogP contribution in [0, 0.1) is 5.92 Å². The van der Waals surface area contributed by atoms with Crippen molar-refractivity contribution in [2.75, 3.05) is 32.7 Å². The summed E-state index contributed by atoms with van der Waals surface area (Å²) in [5.74, 6) is 0.925. The van der Waals surface area contributed by atoms with Gasteiger partial charge in [-0.15, -0.1) is 0 Å². The monoisotopic (exact) mass is 385 g/mol. The minimum absolute atomic E-state index is 0.293. The molecule has 0 spiro atoms. The van der Waals surface area contributed by atoms with E-state index in [1.54, 1.807) is 0 Å². The van der Waals surface area contributed by atoms with Crippen molar-refractivity contribution >= 4 is 5.91 Å². The molecule has 3 aliphatic rings. The molecule has 1 aromatic heterocycles. The SMILES string of the molecule is CC(C)N1[C@H](CN2CCCC2)C[C@@H]2CN(C(=O)CCc3cncnc3)CC[C@@H]21. The summed E-state index contributed by atoms with van der Waals surface area (Å²) < 4.78 is 0. The molecule has 0 N–H and O–H groups in total. The van der Waals surface area contributed by atoms with Crippen molar-refractivity contribution in [1.29, 1.82) is 0 Å². The Balaban J connectivity index is 1.34. The lowest BCUT2D eigenvalue weighted by atomic mass is 9.91. The number of nitrogens with zero attached hydrogens (tertiary/aromatic N) is 5. The Labute approximate surface area is 169 Å². The van der Waals surface area contributed by atoms with Gasteiger partial charge in [0.05, 0.1) is 0 Å². The molecule has 0 radical (unpaired) electrons. The normalized spacial score (nSPS) is 28.8. The Morgan fingerprint density at radius 1 is 1.18 bits per heavy atom. The summed E-state index contributed by atoms with van der Waals surface area (Å²) in [6.07, 6.45) is 11.5. The number of hydrogen-bond donors (Lipinski definition) is 0. The van der Waals surface area contributed by atoms with Crippen LogP contribution in [-0.2, 0) is 11.2 Å². The lowest BCUT2D eigenvalue weighted by molar-refractivity contribution is -0.133. The number of fused-ring (bicyclic) bond motifs is 1. The maximum Gasteiger partial charge on any atom is 0.222 e. The van der Waals surface area contributed by atoms with Crippen molar-refractivity contribution < 1.29 is 4.79 Å². The average molecular weight is 386 g/mol. The topological polar surface area (TPSA) is 52.6 Å². The molecule has 154 valence electrons. The quantitative estimate of drug-likeness (QED) is 0.751. The molecule has 0 aliphatic carbocycles. The molecule has 0 unspecified atom stereocenters. The number of hydrogen-bond acceptors (Lipinski definition) is 5. The van der Waals surface area contributed by atoms with Gasteiger partial charge < -0.3 is 9.80 Å². The zero-order chi connectivity index (χ0) is 19.5. The largest absolute Gasteiger partial charge is 0.342 e. The number of piperidine rings is 1. The summed E-state index contributed by atoms with van der Waals surface area (Å²) in [5.41, 5.74) is 1.04. The van der Waals surface area contributed by atoms with E-state index in [1.807, 2.05) is 12.4 Å². The van der Waals surface area contributed by atoms with Gasteiger partial charge in [-0.1, -0.05) is 0 Å². The van der Waals surface area contributed by atoms with E-state index in [0.29, 0.717) is 36.4 Å². The minimum Gasteiger partial charge on any atom is -0.342 e. The van der Waals surface area contributed by atoms with Gasteiger partial charge in [0.15, 0.2) is 0 Å². The predicted octanol–water partition coefficient (Wildman–Crippen LogP) is 2.20. The molecule has 1 aromatic rings. The molecule has 3 fully saturated rings. The summed E-state index contributed by atoms with van der Waals surface area (Å²) in [6, 6.07) is 1.90. The van der Waals surface area contributed by atoms with Gasteiger partial charge in [-0.05, 0) is 70.5 Å². The number of amides is 1. The first-order chi connectivity index (χ1) is 13.6. The molecule has 3 saturated heterocycles. The fourth-order valence-electron chi connectivity index (χ4n) is 5.72. The molecule has 6 nitrogen and oxygen atoms in total. The van der Waals surface area contributed by atoms with Crippen molar-refractivity contribution in [3.05, 3.63) is 24.3 Å². The first-order valence-corrected chi connectivity index (χ1v) is 11.1. The summed E-state index contributed by atoms with van der Waals surface area (Å²) in [7, 11) is 0. The number of carbonyl (C=O) groups excluding carboxylic acids is 1. The van der Waals surface area contributed by atoms with Crippen LogP contribution in [-0.4, -0.2) is 81.4 Å². The van der Waals surface area contributed by atoms with Crippen LogP contribution in [0.25, 0.3) is 0 Å². The van der Waals surface area contributed by atoms with Crippen LogP contribution in [0.4, 0.5) is 0 Å². The van der Waals surface area contributed by atoms with Gasteiger partial charge in [-0.25, -0.2) is 9.97 Å². The second-order valence-corrected chi connectivity index (χ2v) is 9.14. The molecule has 3 atom stereocenters. The van der Waals surface area contributed by atoms with Crippen molar-refractivity contribution in [2.45, 2.75) is 70.5 Å². The number of aromatic nitrogens is 2. The molecule has 28 heavy (non-hydrogen) atoms. The highest BCUT2D eigenvalue weighted by atomic mass is 16.2. The fraction of sp³-hybridized carbons (Fsp3) is 0.773. The van der Waals surface area contributed by atoms with Crippen LogP contribution in [0.15, 0.2) is 18.7 Å². The highest BCUT2D eigenvalue weighted by Crippen LogP contribution is 2.38. The van der Waals surface area contributed by atoms with Gasteiger partial charge in [0.1, 0.15) is 6.33 Å². The highest BCUT2D eigenvalue weighted by Gasteiger charge is 2.45. The third kappa shape index (κ3) is 4.38. The number of rotatable bonds is 6. The van der Waals surface area contributed by atoms with Crippen LogP contribution >= 0.6 is 0 Å². The first kappa shape index (κ1) is 19.8. The second kappa shape index (κ2) is 8.87. The summed E-state index contributed by atoms with van der Waals surface area (Å²) >= 11 is 0. The first-order valence-electron chi connectivity index (χ1n) is 11.1. The Kier molecular flexibility index (Phi) is 6.26. The van der Waals surface area contributed by atoms with E-state index in [-0.39, 0.29) is 0 Å². The lowest BCUT2D eigenvalue weighted by Gasteiger charge is -2.41. The molecule has 1 amide bonds.